The molecule has 4 aromatic rings. The first kappa shape index (κ1) is 30.0. The number of hydrogen-bond donors (Lipinski definition) is 3. The van der Waals surface area contributed by atoms with Crippen molar-refractivity contribution in [2.24, 2.45) is 0 Å². The Morgan fingerprint density at radius 3 is 2.21 bits per heavy atom. The van der Waals surface area contributed by atoms with Crippen molar-refractivity contribution in [3.8, 4) is 23.4 Å². The molecule has 12 nitrogen and oxygen atoms in total. The summed E-state index contributed by atoms with van der Waals surface area (Å²) >= 11 is 5.26. The van der Waals surface area contributed by atoms with Crippen LogP contribution in [0.4, 0.5) is 11.5 Å². The average molecular weight is 610 g/mol. The lowest BCUT2D eigenvalue weighted by Gasteiger charge is -2.12. The molecule has 0 spiro atoms. The molecule has 0 radical (unpaired) electrons. The average Bonchev–Trinajstić information content (AvgIpc) is 2.99. The van der Waals surface area contributed by atoms with E-state index in [0.717, 1.165) is 5.75 Å². The number of carbonyl (C=O) groups is 1. The Balaban J connectivity index is 1.29. The lowest BCUT2D eigenvalue weighted by molar-refractivity contribution is 0.0977. The number of hydrogen-bond acceptors (Lipinski definition) is 10. The Kier molecular flexibility index (Phi) is 10.1. The molecule has 0 aliphatic rings. The molecule has 3 N–H and O–H groups in total. The smallest absolute Gasteiger partial charge is 0.321 e. The molecule has 14 heteroatoms. The van der Waals surface area contributed by atoms with E-state index in [-0.39, 0.29) is 27.7 Å². The minimum absolute atomic E-state index is 0.0245. The van der Waals surface area contributed by atoms with E-state index in [1.54, 1.807) is 24.3 Å². The van der Waals surface area contributed by atoms with Crippen LogP contribution >= 0.6 is 12.2 Å². The Bertz CT molecular complexity index is 1610. The van der Waals surface area contributed by atoms with Gasteiger partial charge in [-0.05, 0) is 66.8 Å². The molecule has 3 aromatic carbocycles. The van der Waals surface area contributed by atoms with Crippen LogP contribution in [0.15, 0.2) is 89.8 Å². The lowest BCUT2D eigenvalue weighted by atomic mass is 10.2. The summed E-state index contributed by atoms with van der Waals surface area (Å²) in [5.41, 5.74) is 0.797. The molecule has 0 atom stereocenters. The molecule has 0 aliphatic carbocycles. The highest BCUT2D eigenvalue weighted by atomic mass is 32.2. The van der Waals surface area contributed by atoms with Gasteiger partial charge >= 0.3 is 6.01 Å². The molecular formula is C28H27N5O7S2. The van der Waals surface area contributed by atoms with Crippen LogP contribution < -0.4 is 34.3 Å². The molecule has 1 aromatic heterocycles. The van der Waals surface area contributed by atoms with E-state index in [4.69, 9.17) is 31.2 Å². The van der Waals surface area contributed by atoms with Crippen molar-refractivity contribution in [3.63, 3.8) is 0 Å². The zero-order valence-corrected chi connectivity index (χ0v) is 24.2. The maximum Gasteiger partial charge on any atom is 0.321 e. The van der Waals surface area contributed by atoms with Gasteiger partial charge in [0.25, 0.3) is 15.9 Å². The Hall–Kier alpha value is -4.95. The number of nitrogens with one attached hydrogen (secondary N) is 3. The normalized spacial score (nSPS) is 10.7. The van der Waals surface area contributed by atoms with Crippen molar-refractivity contribution in [2.75, 3.05) is 37.5 Å². The topological polar surface area (TPSA) is 150 Å². The lowest BCUT2D eigenvalue weighted by Crippen LogP contribution is -2.34. The summed E-state index contributed by atoms with van der Waals surface area (Å²) in [7, 11) is -1.26. The van der Waals surface area contributed by atoms with Crippen molar-refractivity contribution in [2.45, 2.75) is 4.90 Å². The fraction of sp³-hybridized carbons (Fsp3) is 0.143. The third kappa shape index (κ3) is 8.52. The molecule has 4 rings (SSSR count). The maximum absolute atomic E-state index is 12.8. The summed E-state index contributed by atoms with van der Waals surface area (Å²) in [6.07, 6.45) is 0. The van der Waals surface area contributed by atoms with Crippen LogP contribution in [0.25, 0.3) is 0 Å². The van der Waals surface area contributed by atoms with Gasteiger partial charge in [-0.15, -0.1) is 0 Å². The SMILES string of the molecule is COc1cc(NS(=O)(=O)c2ccc(NC(=S)NC(=O)c3cccc(OCCOc4ccccc4)c3)cc2)nc(OC)n1. The summed E-state index contributed by atoms with van der Waals surface area (Å²) in [4.78, 5) is 20.6. The number of methoxy groups -OCH3 is 2. The second-order valence-electron chi connectivity index (χ2n) is 8.36. The summed E-state index contributed by atoms with van der Waals surface area (Å²) in [5, 5.41) is 5.47. The standard InChI is InChI=1S/C28H27N5O7S2/c1-37-25-18-24(30-27(31-25)38-2)33-42(35,36)23-13-11-20(12-14-23)29-28(41)32-26(34)19-7-6-10-22(17-19)40-16-15-39-21-8-4-3-5-9-21/h3-14,17-18H,15-16H2,1-2H3,(H,30,31,33)(H2,29,32,34,41). The van der Waals surface area contributed by atoms with Gasteiger partial charge in [-0.1, -0.05) is 24.3 Å². The second kappa shape index (κ2) is 14.1. The minimum atomic E-state index is -3.99. The first-order chi connectivity index (χ1) is 20.3. The number of nitrogens with zero attached hydrogens (tertiary/aromatic N) is 2. The van der Waals surface area contributed by atoms with E-state index < -0.39 is 15.9 Å². The van der Waals surface area contributed by atoms with Crippen molar-refractivity contribution in [1.29, 1.82) is 0 Å². The molecule has 0 bridgehead atoms. The summed E-state index contributed by atoms with van der Waals surface area (Å²) in [6, 6.07) is 23.0. The van der Waals surface area contributed by atoms with Gasteiger partial charge in [0.05, 0.1) is 19.1 Å². The number of thiocarbonyl (C=S) groups is 1. The van der Waals surface area contributed by atoms with E-state index in [0.29, 0.717) is 30.2 Å². The molecule has 218 valence electrons. The fourth-order valence-corrected chi connectivity index (χ4v) is 4.67. The molecule has 0 saturated carbocycles. The van der Waals surface area contributed by atoms with Crippen LogP contribution in [0.3, 0.4) is 0 Å². The van der Waals surface area contributed by atoms with Gasteiger partial charge in [0.1, 0.15) is 24.7 Å². The number of amides is 1. The molecule has 1 amide bonds. The Labute approximate surface area is 248 Å². The molecule has 0 unspecified atom stereocenters. The van der Waals surface area contributed by atoms with Crippen molar-refractivity contribution in [3.05, 3.63) is 90.5 Å². The fourth-order valence-electron chi connectivity index (χ4n) is 3.47. The highest BCUT2D eigenvalue weighted by Gasteiger charge is 2.17. The largest absolute Gasteiger partial charge is 0.490 e. The number of anilines is 2. The second-order valence-corrected chi connectivity index (χ2v) is 10.4. The number of benzene rings is 3. The third-order valence-electron chi connectivity index (χ3n) is 5.42. The summed E-state index contributed by atoms with van der Waals surface area (Å²) < 4.78 is 49.3. The zero-order chi connectivity index (χ0) is 30.0. The van der Waals surface area contributed by atoms with Crippen molar-refractivity contribution < 1.29 is 32.2 Å². The maximum atomic E-state index is 12.8. The summed E-state index contributed by atoms with van der Waals surface area (Å²) in [5.74, 6) is 0.898. The van der Waals surface area contributed by atoms with E-state index in [1.165, 1.54) is 44.6 Å². The predicted molar refractivity (Wildman–Crippen MR) is 160 cm³/mol. The molecule has 42 heavy (non-hydrogen) atoms. The zero-order valence-electron chi connectivity index (χ0n) is 22.6. The van der Waals surface area contributed by atoms with Crippen molar-refractivity contribution >= 4 is 44.8 Å². The van der Waals surface area contributed by atoms with Gasteiger partial charge in [0.2, 0.25) is 5.88 Å². The monoisotopic (exact) mass is 609 g/mol. The van der Waals surface area contributed by atoms with E-state index in [1.807, 2.05) is 30.3 Å². The van der Waals surface area contributed by atoms with Crippen LogP contribution in [0.2, 0.25) is 0 Å². The highest BCUT2D eigenvalue weighted by Crippen LogP contribution is 2.22. The number of ether oxygens (including phenoxy) is 4. The van der Waals surface area contributed by atoms with Gasteiger partial charge in [0, 0.05) is 17.3 Å². The van der Waals surface area contributed by atoms with Gasteiger partial charge in [-0.2, -0.15) is 9.97 Å². The van der Waals surface area contributed by atoms with Gasteiger partial charge in [-0.25, -0.2) is 8.42 Å². The van der Waals surface area contributed by atoms with Crippen LogP contribution in [0.5, 0.6) is 23.4 Å². The molecular weight excluding hydrogens is 582 g/mol. The molecule has 0 aliphatic heterocycles. The number of para-hydroxylation sites is 1. The molecule has 0 fully saturated rings. The summed E-state index contributed by atoms with van der Waals surface area (Å²) in [6.45, 7) is 0.636. The van der Waals surface area contributed by atoms with Crippen LogP contribution in [-0.2, 0) is 10.0 Å². The van der Waals surface area contributed by atoms with Crippen molar-refractivity contribution in [1.82, 2.24) is 15.3 Å². The predicted octanol–water partition coefficient (Wildman–Crippen LogP) is 3.88. The van der Waals surface area contributed by atoms with Gasteiger partial charge in [-0.3, -0.25) is 14.8 Å². The van der Waals surface area contributed by atoms with E-state index in [2.05, 4.69) is 25.3 Å². The highest BCUT2D eigenvalue weighted by molar-refractivity contribution is 7.92. The minimum Gasteiger partial charge on any atom is -0.490 e. The quantitative estimate of drug-likeness (QED) is 0.159. The first-order valence-electron chi connectivity index (χ1n) is 12.4. The molecule has 0 saturated heterocycles. The molecule has 1 heterocycles. The third-order valence-corrected chi connectivity index (χ3v) is 7.00. The Morgan fingerprint density at radius 1 is 0.833 bits per heavy atom. The van der Waals surface area contributed by atoms with Crippen LogP contribution in [0, 0.1) is 0 Å². The van der Waals surface area contributed by atoms with Gasteiger partial charge in [0.15, 0.2) is 10.9 Å². The number of sulfonamides is 1. The number of aromatic nitrogens is 2. The van der Waals surface area contributed by atoms with Gasteiger partial charge < -0.3 is 24.3 Å². The van der Waals surface area contributed by atoms with Crippen LogP contribution in [-0.4, -0.2) is 56.8 Å². The first-order valence-corrected chi connectivity index (χ1v) is 14.3. The number of carbonyl (C=O) groups excluding carboxylic acids is 1. The Morgan fingerprint density at radius 2 is 1.52 bits per heavy atom. The number of rotatable bonds is 12. The van der Waals surface area contributed by atoms with E-state index in [9.17, 15) is 13.2 Å². The van der Waals surface area contributed by atoms with Crippen LogP contribution in [0.1, 0.15) is 10.4 Å². The van der Waals surface area contributed by atoms with E-state index >= 15 is 0 Å².